The SMILES string of the molecule is O=C(CCCNc1ccc2c(c1)C(=O)N(C1CCC(=O)NC1=O)C2=O)CN1CCN(c2cccc(-c3cnc4ccc(N5CCC[C@@H]5c5cccc(F)c5)nn34)n2)CC1. The number of hydrogen-bond acceptors (Lipinski definition) is 12. The van der Waals surface area contributed by atoms with Crippen LogP contribution in [0.3, 0.4) is 0 Å². The number of piperazine rings is 1. The third kappa shape index (κ3) is 7.63. The van der Waals surface area contributed by atoms with Crippen LogP contribution in [0.1, 0.15) is 70.8 Å². The van der Waals surface area contributed by atoms with Crippen molar-refractivity contribution in [3.8, 4) is 11.4 Å². The Morgan fingerprint density at radius 2 is 1.68 bits per heavy atom. The molecule has 0 saturated carbocycles. The summed E-state index contributed by atoms with van der Waals surface area (Å²) in [6, 6.07) is 20.6. The summed E-state index contributed by atoms with van der Waals surface area (Å²) in [7, 11) is 0. The molecule has 4 aliphatic heterocycles. The van der Waals surface area contributed by atoms with Gasteiger partial charge in [0, 0.05) is 57.8 Å². The standard InChI is InChI=1S/C43H43FN10O5/c44-28-6-1-5-27(23-28)34-9-4-18-52(34)39-15-14-37-46-25-36(54(37)49-39)33-8-2-10-38(47-33)51-21-19-50(20-22-51)26-30(55)7-3-17-45-29-11-12-31-32(24-29)43(59)53(42(31)58)35-13-16-40(56)48-41(35)57/h1-2,5-6,8,10-12,14-15,23-25,34-35,45H,3-4,7,9,13,16-22,26H2,(H,48,56,57)/t34-,35?/m1/s1. The van der Waals surface area contributed by atoms with Crippen molar-refractivity contribution in [3.63, 3.8) is 0 Å². The van der Waals surface area contributed by atoms with Crippen LogP contribution in [-0.4, -0.2) is 111 Å². The normalized spacial score (nSPS) is 19.8. The summed E-state index contributed by atoms with van der Waals surface area (Å²) in [6.45, 7) is 4.56. The minimum atomic E-state index is -1.01. The van der Waals surface area contributed by atoms with E-state index in [9.17, 15) is 28.4 Å². The van der Waals surface area contributed by atoms with Gasteiger partial charge in [0.25, 0.3) is 11.8 Å². The highest BCUT2D eigenvalue weighted by Gasteiger charge is 2.44. The molecule has 0 bridgehead atoms. The molecule has 16 heteroatoms. The summed E-state index contributed by atoms with van der Waals surface area (Å²) < 4.78 is 15.9. The Morgan fingerprint density at radius 1 is 0.847 bits per heavy atom. The first kappa shape index (κ1) is 38.0. The fourth-order valence-corrected chi connectivity index (χ4v) is 8.60. The second-order valence-electron chi connectivity index (χ2n) is 15.4. The number of imidazole rings is 1. The molecule has 59 heavy (non-hydrogen) atoms. The molecule has 4 amide bonds. The van der Waals surface area contributed by atoms with Gasteiger partial charge in [-0.15, -0.1) is 5.10 Å². The predicted molar refractivity (Wildman–Crippen MR) is 216 cm³/mol. The summed E-state index contributed by atoms with van der Waals surface area (Å²) in [5.74, 6) is -0.616. The number of rotatable bonds is 12. The number of nitrogens with one attached hydrogen (secondary N) is 2. The smallest absolute Gasteiger partial charge is 0.262 e. The number of Topliss-reactive ketones (excluding diaryl/α,β-unsaturated/α-hetero) is 1. The van der Waals surface area contributed by atoms with Crippen molar-refractivity contribution in [1.82, 2.24) is 34.7 Å². The van der Waals surface area contributed by atoms with Gasteiger partial charge in [-0.1, -0.05) is 18.2 Å². The number of pyridine rings is 1. The summed E-state index contributed by atoms with van der Waals surface area (Å²) in [6.07, 6.45) is 4.85. The van der Waals surface area contributed by atoms with Crippen LogP contribution in [-0.2, 0) is 14.4 Å². The van der Waals surface area contributed by atoms with E-state index in [2.05, 4.69) is 30.3 Å². The van der Waals surface area contributed by atoms with Crippen LogP contribution in [0.25, 0.3) is 17.0 Å². The Balaban J connectivity index is 0.759. The van der Waals surface area contributed by atoms with E-state index in [1.165, 1.54) is 6.07 Å². The zero-order chi connectivity index (χ0) is 40.6. The number of carbonyl (C=O) groups excluding carboxylic acids is 5. The quantitative estimate of drug-likeness (QED) is 0.136. The van der Waals surface area contributed by atoms with Crippen LogP contribution >= 0.6 is 0 Å². The maximum Gasteiger partial charge on any atom is 0.262 e. The third-order valence-corrected chi connectivity index (χ3v) is 11.6. The number of nitrogens with zero attached hydrogens (tertiary/aromatic N) is 8. The number of imide groups is 2. The highest BCUT2D eigenvalue weighted by atomic mass is 19.1. The molecule has 3 aromatic heterocycles. The summed E-state index contributed by atoms with van der Waals surface area (Å²) in [4.78, 5) is 80.2. The number of benzene rings is 2. The predicted octanol–water partition coefficient (Wildman–Crippen LogP) is 4.26. The Bertz CT molecular complexity index is 2480. The molecule has 0 radical (unpaired) electrons. The van der Waals surface area contributed by atoms with E-state index >= 15 is 0 Å². The number of aromatic nitrogens is 4. The first-order chi connectivity index (χ1) is 28.7. The number of anilines is 3. The van der Waals surface area contributed by atoms with Gasteiger partial charge in [0.05, 0.1) is 35.6 Å². The van der Waals surface area contributed by atoms with Crippen LogP contribution in [0.4, 0.5) is 21.7 Å². The molecule has 5 aromatic rings. The topological polar surface area (TPSA) is 165 Å². The van der Waals surface area contributed by atoms with Crippen molar-refractivity contribution in [2.45, 2.75) is 50.6 Å². The van der Waals surface area contributed by atoms with Crippen molar-refractivity contribution >= 4 is 52.4 Å². The molecule has 4 aliphatic rings. The second kappa shape index (κ2) is 16.0. The summed E-state index contributed by atoms with van der Waals surface area (Å²) >= 11 is 0. The number of carbonyl (C=O) groups is 5. The molecule has 2 aromatic carbocycles. The van der Waals surface area contributed by atoms with Gasteiger partial charge in [0.15, 0.2) is 5.65 Å². The molecule has 0 spiro atoms. The van der Waals surface area contributed by atoms with Crippen molar-refractivity contribution < 1.29 is 28.4 Å². The van der Waals surface area contributed by atoms with Gasteiger partial charge in [-0.25, -0.2) is 18.9 Å². The van der Waals surface area contributed by atoms with Crippen molar-refractivity contribution in [1.29, 1.82) is 0 Å². The molecule has 3 fully saturated rings. The molecule has 3 saturated heterocycles. The van der Waals surface area contributed by atoms with Gasteiger partial charge in [0.2, 0.25) is 11.8 Å². The average molecular weight is 799 g/mol. The lowest BCUT2D eigenvalue weighted by Crippen LogP contribution is -2.54. The number of fused-ring (bicyclic) bond motifs is 2. The zero-order valence-electron chi connectivity index (χ0n) is 32.3. The minimum absolute atomic E-state index is 0.0456. The number of piperidine rings is 1. The van der Waals surface area contributed by atoms with Crippen molar-refractivity contribution in [2.75, 3.05) is 60.9 Å². The number of ketones is 1. The average Bonchev–Trinajstić information content (AvgIpc) is 3.97. The molecule has 2 atom stereocenters. The Labute approximate surface area is 339 Å². The van der Waals surface area contributed by atoms with Crippen LogP contribution in [0.15, 0.2) is 79.0 Å². The molecule has 7 heterocycles. The van der Waals surface area contributed by atoms with Gasteiger partial charge in [-0.2, -0.15) is 0 Å². The van der Waals surface area contributed by atoms with Crippen LogP contribution < -0.4 is 20.4 Å². The molecular weight excluding hydrogens is 756 g/mol. The number of halogens is 1. The van der Waals surface area contributed by atoms with Gasteiger partial charge in [0.1, 0.15) is 35.0 Å². The van der Waals surface area contributed by atoms with Crippen LogP contribution in [0, 0.1) is 5.82 Å². The van der Waals surface area contributed by atoms with Crippen molar-refractivity contribution in [3.05, 3.63) is 102 Å². The Hall–Kier alpha value is -6.55. The maximum atomic E-state index is 14.1. The molecule has 1 unspecified atom stereocenters. The molecule has 0 aliphatic carbocycles. The molecule has 302 valence electrons. The fourth-order valence-electron chi connectivity index (χ4n) is 8.60. The fraction of sp³-hybridized carbons (Fsp3) is 0.349. The first-order valence-electron chi connectivity index (χ1n) is 20.1. The number of hydrogen-bond donors (Lipinski definition) is 2. The molecule has 2 N–H and O–H groups in total. The van der Waals surface area contributed by atoms with E-state index < -0.39 is 29.7 Å². The minimum Gasteiger partial charge on any atom is -0.385 e. The van der Waals surface area contributed by atoms with E-state index in [0.29, 0.717) is 37.3 Å². The van der Waals surface area contributed by atoms with E-state index in [1.807, 2.05) is 40.9 Å². The Kier molecular flexibility index (Phi) is 10.3. The largest absolute Gasteiger partial charge is 0.385 e. The van der Waals surface area contributed by atoms with E-state index in [0.717, 1.165) is 79.1 Å². The lowest BCUT2D eigenvalue weighted by atomic mass is 10.0. The van der Waals surface area contributed by atoms with Gasteiger partial charge >= 0.3 is 0 Å². The van der Waals surface area contributed by atoms with Crippen LogP contribution in [0.2, 0.25) is 0 Å². The number of amides is 4. The van der Waals surface area contributed by atoms with E-state index in [1.54, 1.807) is 36.5 Å². The van der Waals surface area contributed by atoms with Gasteiger partial charge in [-0.05, 0) is 85.8 Å². The highest BCUT2D eigenvalue weighted by molar-refractivity contribution is 6.23. The van der Waals surface area contributed by atoms with Gasteiger partial charge < -0.3 is 15.1 Å². The summed E-state index contributed by atoms with van der Waals surface area (Å²) in [5.41, 5.74) is 4.25. The van der Waals surface area contributed by atoms with E-state index in [4.69, 9.17) is 10.1 Å². The maximum absolute atomic E-state index is 14.1. The summed E-state index contributed by atoms with van der Waals surface area (Å²) in [5, 5.41) is 10.4. The van der Waals surface area contributed by atoms with Crippen LogP contribution in [0.5, 0.6) is 0 Å². The zero-order valence-corrected chi connectivity index (χ0v) is 32.3. The van der Waals surface area contributed by atoms with Gasteiger partial charge in [-0.3, -0.25) is 39.1 Å². The third-order valence-electron chi connectivity index (χ3n) is 11.6. The van der Waals surface area contributed by atoms with E-state index in [-0.39, 0.29) is 41.6 Å². The Morgan fingerprint density at radius 3 is 2.51 bits per heavy atom. The van der Waals surface area contributed by atoms with Crippen molar-refractivity contribution in [2.24, 2.45) is 0 Å². The monoisotopic (exact) mass is 798 g/mol. The first-order valence-corrected chi connectivity index (χ1v) is 20.1. The highest BCUT2D eigenvalue weighted by Crippen LogP contribution is 2.36. The molecule has 15 nitrogen and oxygen atoms in total. The molecular formula is C43H43FN10O5. The lowest BCUT2D eigenvalue weighted by Gasteiger charge is -2.35. The lowest BCUT2D eigenvalue weighted by molar-refractivity contribution is -0.136. The molecule has 9 rings (SSSR count). The second-order valence-corrected chi connectivity index (χ2v) is 15.4.